The maximum absolute atomic E-state index is 12.0. The van der Waals surface area contributed by atoms with E-state index >= 15 is 0 Å². The van der Waals surface area contributed by atoms with E-state index < -0.39 is 0 Å². The molecule has 0 aliphatic carbocycles. The molecule has 0 aromatic carbocycles. The van der Waals surface area contributed by atoms with E-state index in [-0.39, 0.29) is 5.91 Å². The Morgan fingerprint density at radius 2 is 2.44 bits per heavy atom. The zero-order chi connectivity index (χ0) is 11.4. The first-order valence-electron chi connectivity index (χ1n) is 5.84. The van der Waals surface area contributed by atoms with E-state index in [1.807, 2.05) is 24.0 Å². The maximum Gasteiger partial charge on any atom is 0.223 e. The lowest BCUT2D eigenvalue weighted by atomic mass is 10.1. The zero-order valence-electron chi connectivity index (χ0n) is 9.61. The summed E-state index contributed by atoms with van der Waals surface area (Å²) in [4.78, 5) is 13.9. The van der Waals surface area contributed by atoms with Gasteiger partial charge in [0.05, 0.1) is 12.3 Å². The summed E-state index contributed by atoms with van der Waals surface area (Å²) in [6.07, 6.45) is 2.88. The summed E-state index contributed by atoms with van der Waals surface area (Å²) >= 11 is 0. The molecule has 2 rings (SSSR count). The quantitative estimate of drug-likeness (QED) is 0.809. The molecule has 0 unspecified atom stereocenters. The fourth-order valence-electron chi connectivity index (χ4n) is 1.96. The van der Waals surface area contributed by atoms with Gasteiger partial charge in [-0.3, -0.25) is 4.79 Å². The lowest BCUT2D eigenvalue weighted by Crippen LogP contribution is -2.58. The van der Waals surface area contributed by atoms with Gasteiger partial charge in [0, 0.05) is 32.5 Å². The predicted molar refractivity (Wildman–Crippen MR) is 61.1 cm³/mol. The Bertz CT molecular complexity index is 331. The van der Waals surface area contributed by atoms with Gasteiger partial charge >= 0.3 is 0 Å². The summed E-state index contributed by atoms with van der Waals surface area (Å²) in [6, 6.07) is 4.16. The highest BCUT2D eigenvalue weighted by Gasteiger charge is 2.26. The Labute approximate surface area is 95.6 Å². The van der Waals surface area contributed by atoms with Crippen molar-refractivity contribution >= 4 is 5.91 Å². The average Bonchev–Trinajstić information content (AvgIpc) is 2.72. The second-order valence-electron chi connectivity index (χ2n) is 4.07. The first-order valence-corrected chi connectivity index (χ1v) is 5.84. The summed E-state index contributed by atoms with van der Waals surface area (Å²) in [5, 5.41) is 3.19. The summed E-state index contributed by atoms with van der Waals surface area (Å²) in [5.41, 5.74) is 0. The number of amides is 1. The molecule has 16 heavy (non-hydrogen) atoms. The van der Waals surface area contributed by atoms with Crippen LogP contribution in [0.3, 0.4) is 0 Å². The van der Waals surface area contributed by atoms with Crippen molar-refractivity contribution < 1.29 is 9.21 Å². The fourth-order valence-corrected chi connectivity index (χ4v) is 1.96. The molecule has 1 saturated heterocycles. The van der Waals surface area contributed by atoms with Crippen LogP contribution in [0.2, 0.25) is 0 Å². The fraction of sp³-hybridized carbons (Fsp3) is 0.583. The van der Waals surface area contributed by atoms with Crippen molar-refractivity contribution in [3.8, 4) is 0 Å². The molecule has 88 valence electrons. The van der Waals surface area contributed by atoms with Gasteiger partial charge in [0.15, 0.2) is 0 Å². The van der Waals surface area contributed by atoms with Crippen LogP contribution >= 0.6 is 0 Å². The molecule has 1 aliphatic rings. The van der Waals surface area contributed by atoms with E-state index in [4.69, 9.17) is 4.42 Å². The van der Waals surface area contributed by atoms with Crippen molar-refractivity contribution in [1.82, 2.24) is 10.2 Å². The highest BCUT2D eigenvalue weighted by atomic mass is 16.3. The molecule has 0 radical (unpaired) electrons. The number of furan rings is 1. The van der Waals surface area contributed by atoms with Gasteiger partial charge in [-0.05, 0) is 19.1 Å². The van der Waals surface area contributed by atoms with E-state index in [1.54, 1.807) is 6.26 Å². The van der Waals surface area contributed by atoms with Crippen LogP contribution in [0.15, 0.2) is 22.8 Å². The van der Waals surface area contributed by atoms with Gasteiger partial charge in [-0.15, -0.1) is 0 Å². The molecule has 1 aromatic heterocycles. The van der Waals surface area contributed by atoms with Gasteiger partial charge < -0.3 is 14.6 Å². The summed E-state index contributed by atoms with van der Waals surface area (Å²) in [5.74, 6) is 1.11. The molecule has 1 N–H and O–H groups in total. The SMILES string of the molecule is CCN(C(=O)CCc1ccco1)C1CNC1. The lowest BCUT2D eigenvalue weighted by molar-refractivity contribution is -0.134. The number of carbonyl (C=O) groups excluding carboxylic acids is 1. The largest absolute Gasteiger partial charge is 0.469 e. The number of carbonyl (C=O) groups is 1. The van der Waals surface area contributed by atoms with E-state index in [2.05, 4.69) is 5.32 Å². The van der Waals surface area contributed by atoms with Crippen molar-refractivity contribution in [2.24, 2.45) is 0 Å². The number of aryl methyl sites for hydroxylation is 1. The van der Waals surface area contributed by atoms with E-state index in [9.17, 15) is 4.79 Å². The van der Waals surface area contributed by atoms with Gasteiger partial charge in [0.1, 0.15) is 5.76 Å². The molecular weight excluding hydrogens is 204 g/mol. The molecule has 0 saturated carbocycles. The third-order valence-corrected chi connectivity index (χ3v) is 3.03. The van der Waals surface area contributed by atoms with Gasteiger partial charge in [0.25, 0.3) is 0 Å². The number of likely N-dealkylation sites (N-methyl/N-ethyl adjacent to an activating group) is 1. The molecule has 0 bridgehead atoms. The van der Waals surface area contributed by atoms with Crippen molar-refractivity contribution in [2.75, 3.05) is 19.6 Å². The van der Waals surface area contributed by atoms with E-state index in [0.29, 0.717) is 18.9 Å². The van der Waals surface area contributed by atoms with Gasteiger partial charge in [-0.2, -0.15) is 0 Å². The Balaban J connectivity index is 1.81. The summed E-state index contributed by atoms with van der Waals surface area (Å²) < 4.78 is 5.21. The summed E-state index contributed by atoms with van der Waals surface area (Å²) in [7, 11) is 0. The van der Waals surface area contributed by atoms with Crippen molar-refractivity contribution in [3.05, 3.63) is 24.2 Å². The molecule has 1 aliphatic heterocycles. The highest BCUT2D eigenvalue weighted by Crippen LogP contribution is 2.10. The normalized spacial score (nSPS) is 15.8. The van der Waals surface area contributed by atoms with Gasteiger partial charge in [0.2, 0.25) is 5.91 Å². The van der Waals surface area contributed by atoms with Crippen molar-refractivity contribution in [1.29, 1.82) is 0 Å². The van der Waals surface area contributed by atoms with Crippen LogP contribution in [0.4, 0.5) is 0 Å². The van der Waals surface area contributed by atoms with Gasteiger partial charge in [-0.1, -0.05) is 0 Å². The molecule has 2 heterocycles. The van der Waals surface area contributed by atoms with Crippen molar-refractivity contribution in [2.45, 2.75) is 25.8 Å². The maximum atomic E-state index is 12.0. The molecular formula is C12H18N2O2. The van der Waals surface area contributed by atoms with E-state index in [0.717, 1.165) is 25.4 Å². The number of rotatable bonds is 5. The Morgan fingerprint density at radius 1 is 1.62 bits per heavy atom. The Hall–Kier alpha value is -1.29. The number of nitrogens with zero attached hydrogens (tertiary/aromatic N) is 1. The minimum atomic E-state index is 0.227. The minimum absolute atomic E-state index is 0.227. The van der Waals surface area contributed by atoms with Crippen LogP contribution in [0.1, 0.15) is 19.1 Å². The Morgan fingerprint density at radius 3 is 2.94 bits per heavy atom. The van der Waals surface area contributed by atoms with Crippen LogP contribution < -0.4 is 5.32 Å². The monoisotopic (exact) mass is 222 g/mol. The van der Waals surface area contributed by atoms with Crippen LogP contribution in [0.25, 0.3) is 0 Å². The third-order valence-electron chi connectivity index (χ3n) is 3.03. The molecule has 1 aromatic rings. The number of nitrogens with one attached hydrogen (secondary N) is 1. The summed E-state index contributed by atoms with van der Waals surface area (Å²) in [6.45, 7) is 4.69. The predicted octanol–water partition coefficient (Wildman–Crippen LogP) is 1.03. The number of hydrogen-bond donors (Lipinski definition) is 1. The van der Waals surface area contributed by atoms with Crippen molar-refractivity contribution in [3.63, 3.8) is 0 Å². The lowest BCUT2D eigenvalue weighted by Gasteiger charge is -2.37. The van der Waals surface area contributed by atoms with Crippen LogP contribution in [0, 0.1) is 0 Å². The molecule has 1 amide bonds. The molecule has 0 atom stereocenters. The van der Waals surface area contributed by atoms with Crippen LogP contribution in [0.5, 0.6) is 0 Å². The molecule has 4 heteroatoms. The molecule has 1 fully saturated rings. The standard InChI is InChI=1S/C12H18N2O2/c1-2-14(10-8-13-9-10)12(15)6-5-11-4-3-7-16-11/h3-4,7,10,13H,2,5-6,8-9H2,1H3. The third kappa shape index (κ3) is 2.44. The molecule has 0 spiro atoms. The molecule has 4 nitrogen and oxygen atoms in total. The second-order valence-corrected chi connectivity index (χ2v) is 4.07. The zero-order valence-corrected chi connectivity index (χ0v) is 9.61. The van der Waals surface area contributed by atoms with Gasteiger partial charge in [-0.25, -0.2) is 0 Å². The Kier molecular flexibility index (Phi) is 3.62. The number of hydrogen-bond acceptors (Lipinski definition) is 3. The second kappa shape index (κ2) is 5.16. The average molecular weight is 222 g/mol. The topological polar surface area (TPSA) is 45.5 Å². The minimum Gasteiger partial charge on any atom is -0.469 e. The first kappa shape index (κ1) is 11.2. The highest BCUT2D eigenvalue weighted by molar-refractivity contribution is 5.76. The van der Waals surface area contributed by atoms with Crippen LogP contribution in [-0.4, -0.2) is 36.5 Å². The smallest absolute Gasteiger partial charge is 0.223 e. The van der Waals surface area contributed by atoms with Crippen LogP contribution in [-0.2, 0) is 11.2 Å². The first-order chi connectivity index (χ1) is 7.81. The van der Waals surface area contributed by atoms with E-state index in [1.165, 1.54) is 0 Å².